The molecule has 5 heterocycles. The summed E-state index contributed by atoms with van der Waals surface area (Å²) in [4.78, 5) is 11.4. The molecule has 0 bridgehead atoms. The maximum Gasteiger partial charge on any atom is 0.137 e. The lowest BCUT2D eigenvalue weighted by Crippen LogP contribution is -2.26. The van der Waals surface area contributed by atoms with Crippen LogP contribution in [0, 0.1) is 5.92 Å². The van der Waals surface area contributed by atoms with Gasteiger partial charge in [0.1, 0.15) is 11.3 Å². The molecule has 4 aromatic rings. The molecule has 4 aromatic heterocycles. The number of aromatic nitrogens is 6. The summed E-state index contributed by atoms with van der Waals surface area (Å²) in [7, 11) is 0. The molecule has 8 heteroatoms. The number of pyridine rings is 2. The Morgan fingerprint density at radius 2 is 1.94 bits per heavy atom. The third-order valence-electron chi connectivity index (χ3n) is 6.61. The molecule has 0 atom stereocenters. The lowest BCUT2D eigenvalue weighted by molar-refractivity contribution is 0.301. The average Bonchev–Trinajstić information content (AvgIpc) is 3.56. The molecule has 1 saturated carbocycles. The molecule has 0 radical (unpaired) electrons. The van der Waals surface area contributed by atoms with Crippen LogP contribution in [0.2, 0.25) is 0 Å². The van der Waals surface area contributed by atoms with Crippen molar-refractivity contribution in [1.29, 1.82) is 0 Å². The Morgan fingerprint density at radius 1 is 1.03 bits per heavy atom. The largest absolute Gasteiger partial charge is 0.363 e. The van der Waals surface area contributed by atoms with Crippen LogP contribution >= 0.6 is 0 Å². The maximum atomic E-state index is 4.76. The molecule has 1 fully saturated rings. The van der Waals surface area contributed by atoms with E-state index in [4.69, 9.17) is 4.98 Å². The average molecular weight is 441 g/mol. The highest BCUT2D eigenvalue weighted by Crippen LogP contribution is 2.25. The lowest BCUT2D eigenvalue weighted by atomic mass is 9.85. The van der Waals surface area contributed by atoms with Crippen LogP contribution in [0.3, 0.4) is 0 Å². The van der Waals surface area contributed by atoms with Gasteiger partial charge in [-0.25, -0.2) is 9.67 Å². The van der Waals surface area contributed by atoms with Crippen LogP contribution in [-0.2, 0) is 13.1 Å². The Morgan fingerprint density at radius 3 is 2.79 bits per heavy atom. The normalized spacial score (nSPS) is 16.1. The highest BCUT2D eigenvalue weighted by molar-refractivity contribution is 5.63. The second kappa shape index (κ2) is 8.78. The van der Waals surface area contributed by atoms with E-state index in [1.165, 1.54) is 24.8 Å². The zero-order chi connectivity index (χ0) is 22.0. The first-order valence-corrected chi connectivity index (χ1v) is 11.7. The first-order valence-electron chi connectivity index (χ1n) is 11.7. The summed E-state index contributed by atoms with van der Waals surface area (Å²) < 4.78 is 3.94. The highest BCUT2D eigenvalue weighted by atomic mass is 15.4. The molecular weight excluding hydrogens is 412 g/mol. The van der Waals surface area contributed by atoms with Crippen molar-refractivity contribution in [2.75, 3.05) is 24.5 Å². The lowest BCUT2D eigenvalue weighted by Gasteiger charge is -2.25. The molecule has 6 rings (SSSR count). The van der Waals surface area contributed by atoms with Crippen LogP contribution in [0.1, 0.15) is 30.5 Å². The van der Waals surface area contributed by atoms with E-state index in [-0.39, 0.29) is 0 Å². The fourth-order valence-electron chi connectivity index (χ4n) is 4.49. The third-order valence-corrected chi connectivity index (χ3v) is 6.61. The number of fused-ring (bicyclic) bond motifs is 1. The Balaban J connectivity index is 1.13. The minimum atomic E-state index is 0.576. The summed E-state index contributed by atoms with van der Waals surface area (Å²) in [6.07, 6.45) is 18.4. The standard InChI is InChI=1S/C25H28N8/c1-2-9-31(8-1)23-10-21(13-27-14-23)24-18-33(30-29-24)17-22-16-32-15-20(6-7-25(32)28-22)12-26-11-19-4-3-5-19/h1-2,6-7,10,13-16,18-19,26H,3-5,8-9,11-12,17H2. The van der Waals surface area contributed by atoms with Gasteiger partial charge in [-0.2, -0.15) is 0 Å². The van der Waals surface area contributed by atoms with Crippen LogP contribution in [0.25, 0.3) is 16.9 Å². The predicted octanol–water partition coefficient (Wildman–Crippen LogP) is 3.30. The molecule has 1 aliphatic heterocycles. The summed E-state index contributed by atoms with van der Waals surface area (Å²) >= 11 is 0. The molecule has 33 heavy (non-hydrogen) atoms. The number of nitrogens with one attached hydrogen (secondary N) is 1. The molecular formula is C25H28N8. The number of imidazole rings is 1. The van der Waals surface area contributed by atoms with Gasteiger partial charge in [-0.3, -0.25) is 4.98 Å². The smallest absolute Gasteiger partial charge is 0.137 e. The van der Waals surface area contributed by atoms with Gasteiger partial charge in [0.25, 0.3) is 0 Å². The zero-order valence-corrected chi connectivity index (χ0v) is 18.6. The zero-order valence-electron chi connectivity index (χ0n) is 18.6. The number of hydrogen-bond donors (Lipinski definition) is 1. The molecule has 2 aliphatic rings. The van der Waals surface area contributed by atoms with Crippen molar-refractivity contribution in [3.63, 3.8) is 0 Å². The quantitative estimate of drug-likeness (QED) is 0.424. The van der Waals surface area contributed by atoms with Gasteiger partial charge in [0, 0.05) is 43.8 Å². The van der Waals surface area contributed by atoms with Crippen LogP contribution < -0.4 is 10.2 Å². The van der Waals surface area contributed by atoms with Crippen molar-refractivity contribution in [3.05, 3.63) is 72.6 Å². The SMILES string of the molecule is C1=CCN(c2cncc(-c3cn(Cc4cn5cc(CNCC6CCC6)ccc5n4)nn3)c2)C1. The van der Waals surface area contributed by atoms with Gasteiger partial charge in [-0.05, 0) is 43.0 Å². The molecule has 0 amide bonds. The van der Waals surface area contributed by atoms with Gasteiger partial charge in [-0.15, -0.1) is 5.10 Å². The summed E-state index contributed by atoms with van der Waals surface area (Å²) in [5, 5.41) is 12.3. The summed E-state index contributed by atoms with van der Waals surface area (Å²) in [5.74, 6) is 0.872. The van der Waals surface area contributed by atoms with Gasteiger partial charge in [0.05, 0.1) is 30.3 Å². The van der Waals surface area contributed by atoms with Crippen molar-refractivity contribution < 1.29 is 0 Å². The van der Waals surface area contributed by atoms with E-state index < -0.39 is 0 Å². The molecule has 8 nitrogen and oxygen atoms in total. The number of anilines is 1. The molecule has 1 N–H and O–H groups in total. The monoisotopic (exact) mass is 440 g/mol. The molecule has 168 valence electrons. The van der Waals surface area contributed by atoms with E-state index in [0.29, 0.717) is 6.54 Å². The summed E-state index contributed by atoms with van der Waals surface area (Å²) in [6, 6.07) is 6.37. The van der Waals surface area contributed by atoms with E-state index in [1.54, 1.807) is 0 Å². The van der Waals surface area contributed by atoms with Gasteiger partial charge in [0.15, 0.2) is 0 Å². The second-order valence-electron chi connectivity index (χ2n) is 9.07. The van der Waals surface area contributed by atoms with Gasteiger partial charge >= 0.3 is 0 Å². The Kier molecular flexibility index (Phi) is 5.35. The minimum Gasteiger partial charge on any atom is -0.363 e. The van der Waals surface area contributed by atoms with E-state index in [9.17, 15) is 0 Å². The minimum absolute atomic E-state index is 0.576. The van der Waals surface area contributed by atoms with Crippen molar-refractivity contribution in [2.45, 2.75) is 32.4 Å². The predicted molar refractivity (Wildman–Crippen MR) is 128 cm³/mol. The Hall–Kier alpha value is -3.52. The first-order chi connectivity index (χ1) is 16.3. The highest BCUT2D eigenvalue weighted by Gasteiger charge is 2.16. The van der Waals surface area contributed by atoms with E-state index in [0.717, 1.165) is 60.4 Å². The first kappa shape index (κ1) is 20.1. The van der Waals surface area contributed by atoms with Gasteiger partial charge < -0.3 is 14.6 Å². The van der Waals surface area contributed by atoms with Crippen molar-refractivity contribution in [1.82, 2.24) is 34.7 Å². The van der Waals surface area contributed by atoms with E-state index in [1.807, 2.05) is 23.3 Å². The fourth-order valence-corrected chi connectivity index (χ4v) is 4.49. The molecule has 0 saturated heterocycles. The number of rotatable bonds is 8. The maximum absolute atomic E-state index is 4.76. The molecule has 0 spiro atoms. The van der Waals surface area contributed by atoms with Crippen LogP contribution in [0.4, 0.5) is 5.69 Å². The Bertz CT molecular complexity index is 1270. The number of nitrogens with zero attached hydrogens (tertiary/aromatic N) is 7. The van der Waals surface area contributed by atoms with Gasteiger partial charge in [-0.1, -0.05) is 29.9 Å². The Labute approximate surface area is 193 Å². The van der Waals surface area contributed by atoms with E-state index >= 15 is 0 Å². The van der Waals surface area contributed by atoms with Crippen LogP contribution in [0.15, 0.2) is 61.3 Å². The summed E-state index contributed by atoms with van der Waals surface area (Å²) in [6.45, 7) is 4.43. The van der Waals surface area contributed by atoms with Crippen molar-refractivity contribution >= 4 is 11.3 Å². The topological polar surface area (TPSA) is 76.2 Å². The summed E-state index contributed by atoms with van der Waals surface area (Å²) in [5.41, 5.74) is 6.07. The van der Waals surface area contributed by atoms with Crippen molar-refractivity contribution in [3.8, 4) is 11.3 Å². The van der Waals surface area contributed by atoms with Crippen LogP contribution in [-0.4, -0.2) is 49.0 Å². The fraction of sp³-hybridized carbons (Fsp3) is 0.360. The van der Waals surface area contributed by atoms with Crippen molar-refractivity contribution in [2.24, 2.45) is 5.92 Å². The van der Waals surface area contributed by atoms with Gasteiger partial charge in [0.2, 0.25) is 0 Å². The van der Waals surface area contributed by atoms with Crippen LogP contribution in [0.5, 0.6) is 0 Å². The molecule has 1 aliphatic carbocycles. The molecule has 0 unspecified atom stereocenters. The molecule has 0 aromatic carbocycles. The second-order valence-corrected chi connectivity index (χ2v) is 9.07. The number of hydrogen-bond acceptors (Lipinski definition) is 6. The van der Waals surface area contributed by atoms with E-state index in [2.05, 4.69) is 72.7 Å². The third kappa shape index (κ3) is 4.39.